The molecule has 0 saturated heterocycles. The SMILES string of the molecule is COc1ccccc1C=Cc1ccc([N+](=O)[O-])cc1[N+](=O)[O-]. The smallest absolute Gasteiger partial charge is 0.283 e. The van der Waals surface area contributed by atoms with Gasteiger partial charge in [-0.15, -0.1) is 0 Å². The van der Waals surface area contributed by atoms with Gasteiger partial charge in [-0.2, -0.15) is 0 Å². The molecule has 0 aliphatic carbocycles. The van der Waals surface area contributed by atoms with Crippen molar-refractivity contribution >= 4 is 23.5 Å². The van der Waals surface area contributed by atoms with Crippen LogP contribution < -0.4 is 4.74 Å². The summed E-state index contributed by atoms with van der Waals surface area (Å²) in [6, 6.07) is 10.7. The lowest BCUT2D eigenvalue weighted by Crippen LogP contribution is -1.95. The number of hydrogen-bond donors (Lipinski definition) is 0. The maximum absolute atomic E-state index is 11.1. The minimum Gasteiger partial charge on any atom is -0.496 e. The monoisotopic (exact) mass is 300 g/mol. The molecule has 2 aromatic carbocycles. The lowest BCUT2D eigenvalue weighted by atomic mass is 10.1. The van der Waals surface area contributed by atoms with E-state index in [0.29, 0.717) is 5.75 Å². The second-order valence-corrected chi connectivity index (χ2v) is 4.33. The Morgan fingerprint density at radius 1 is 0.955 bits per heavy atom. The Morgan fingerprint density at radius 3 is 2.27 bits per heavy atom. The van der Waals surface area contributed by atoms with Gasteiger partial charge in [-0.25, -0.2) is 0 Å². The zero-order chi connectivity index (χ0) is 16.1. The quantitative estimate of drug-likeness (QED) is 0.476. The van der Waals surface area contributed by atoms with Crippen LogP contribution in [0.4, 0.5) is 11.4 Å². The average Bonchev–Trinajstić information content (AvgIpc) is 2.52. The molecule has 0 aliphatic heterocycles. The van der Waals surface area contributed by atoms with Gasteiger partial charge in [0, 0.05) is 11.6 Å². The highest BCUT2D eigenvalue weighted by Gasteiger charge is 2.17. The molecule has 2 rings (SSSR count). The van der Waals surface area contributed by atoms with E-state index < -0.39 is 9.85 Å². The zero-order valence-corrected chi connectivity index (χ0v) is 11.6. The Labute approximate surface area is 125 Å². The van der Waals surface area contributed by atoms with Gasteiger partial charge in [-0.3, -0.25) is 20.2 Å². The van der Waals surface area contributed by atoms with Gasteiger partial charge in [0.25, 0.3) is 11.4 Å². The Balaban J connectivity index is 2.42. The summed E-state index contributed by atoms with van der Waals surface area (Å²) >= 11 is 0. The molecule has 0 fully saturated rings. The molecule has 0 aliphatic rings. The summed E-state index contributed by atoms with van der Waals surface area (Å²) < 4.78 is 5.19. The van der Waals surface area contributed by atoms with E-state index in [1.54, 1.807) is 18.2 Å². The van der Waals surface area contributed by atoms with Crippen molar-refractivity contribution in [3.05, 3.63) is 73.8 Å². The maximum atomic E-state index is 11.1. The molecule has 0 amide bonds. The number of rotatable bonds is 5. The van der Waals surface area contributed by atoms with Crippen molar-refractivity contribution in [3.63, 3.8) is 0 Å². The molecule has 0 bridgehead atoms. The highest BCUT2D eigenvalue weighted by Crippen LogP contribution is 2.27. The first-order chi connectivity index (χ1) is 10.5. The Hall–Kier alpha value is -3.22. The van der Waals surface area contributed by atoms with Crippen molar-refractivity contribution in [2.45, 2.75) is 0 Å². The molecule has 2 aromatic rings. The van der Waals surface area contributed by atoms with E-state index in [-0.39, 0.29) is 16.9 Å². The van der Waals surface area contributed by atoms with Crippen molar-refractivity contribution in [3.8, 4) is 5.75 Å². The third-order valence-corrected chi connectivity index (χ3v) is 3.00. The molecular weight excluding hydrogens is 288 g/mol. The Bertz CT molecular complexity index is 755. The minimum absolute atomic E-state index is 0.279. The predicted octanol–water partition coefficient (Wildman–Crippen LogP) is 3.68. The first-order valence-electron chi connectivity index (χ1n) is 6.27. The number of para-hydroxylation sites is 1. The van der Waals surface area contributed by atoms with Crippen molar-refractivity contribution in [2.75, 3.05) is 7.11 Å². The summed E-state index contributed by atoms with van der Waals surface area (Å²) in [6.45, 7) is 0. The molecule has 0 N–H and O–H groups in total. The standard InChI is InChI=1S/C15H12N2O5/c1-22-15-5-3-2-4-12(15)7-6-11-8-9-13(16(18)19)10-14(11)17(20)21/h2-10H,1H3. The van der Waals surface area contributed by atoms with Crippen molar-refractivity contribution < 1.29 is 14.6 Å². The minimum atomic E-state index is -0.666. The van der Waals surface area contributed by atoms with E-state index in [1.165, 1.54) is 25.3 Å². The number of nitrogens with zero attached hydrogens (tertiary/aromatic N) is 2. The van der Waals surface area contributed by atoms with Gasteiger partial charge < -0.3 is 4.74 Å². The first kappa shape index (κ1) is 15.2. The van der Waals surface area contributed by atoms with Crippen LogP contribution >= 0.6 is 0 Å². The lowest BCUT2D eigenvalue weighted by molar-refractivity contribution is -0.394. The van der Waals surface area contributed by atoms with E-state index in [4.69, 9.17) is 4.74 Å². The molecule has 0 heterocycles. The number of ether oxygens (including phenoxy) is 1. The van der Waals surface area contributed by atoms with Gasteiger partial charge in [-0.05, 0) is 18.2 Å². The molecule has 0 aromatic heterocycles. The van der Waals surface area contributed by atoms with Crippen LogP contribution in [0.25, 0.3) is 12.2 Å². The van der Waals surface area contributed by atoms with E-state index in [2.05, 4.69) is 0 Å². The first-order valence-corrected chi connectivity index (χ1v) is 6.27. The molecule has 0 spiro atoms. The van der Waals surface area contributed by atoms with Crippen LogP contribution in [-0.2, 0) is 0 Å². The third kappa shape index (κ3) is 3.26. The van der Waals surface area contributed by atoms with Gasteiger partial charge in [0.2, 0.25) is 0 Å². The maximum Gasteiger partial charge on any atom is 0.283 e. The third-order valence-electron chi connectivity index (χ3n) is 3.00. The van der Waals surface area contributed by atoms with E-state index in [1.807, 2.05) is 12.1 Å². The molecule has 0 saturated carbocycles. The number of nitro benzene ring substituents is 2. The van der Waals surface area contributed by atoms with Crippen molar-refractivity contribution in [1.82, 2.24) is 0 Å². The average molecular weight is 300 g/mol. The summed E-state index contributed by atoms with van der Waals surface area (Å²) in [7, 11) is 1.53. The Morgan fingerprint density at radius 2 is 1.64 bits per heavy atom. The fourth-order valence-electron chi connectivity index (χ4n) is 1.93. The molecule has 7 heteroatoms. The number of non-ortho nitro benzene ring substituents is 1. The van der Waals surface area contributed by atoms with Crippen LogP contribution in [0.15, 0.2) is 42.5 Å². The number of methoxy groups -OCH3 is 1. The number of benzene rings is 2. The van der Waals surface area contributed by atoms with Crippen molar-refractivity contribution in [2.24, 2.45) is 0 Å². The highest BCUT2D eigenvalue weighted by molar-refractivity contribution is 5.77. The number of nitro groups is 2. The predicted molar refractivity (Wildman–Crippen MR) is 81.7 cm³/mol. The molecule has 0 radical (unpaired) electrons. The second kappa shape index (κ2) is 6.49. The van der Waals surface area contributed by atoms with Crippen LogP contribution in [0.3, 0.4) is 0 Å². The summed E-state index contributed by atoms with van der Waals surface area (Å²) in [6.07, 6.45) is 3.19. The van der Waals surface area contributed by atoms with Crippen LogP contribution in [0, 0.1) is 20.2 Å². The number of hydrogen-bond acceptors (Lipinski definition) is 5. The van der Waals surface area contributed by atoms with Gasteiger partial charge in [0.15, 0.2) is 0 Å². The molecule has 112 valence electrons. The summed E-state index contributed by atoms with van der Waals surface area (Å²) in [5, 5.41) is 21.8. The second-order valence-electron chi connectivity index (χ2n) is 4.33. The molecule has 0 atom stereocenters. The molecule has 22 heavy (non-hydrogen) atoms. The summed E-state index contributed by atoms with van der Waals surface area (Å²) in [5.41, 5.74) is 0.389. The van der Waals surface area contributed by atoms with E-state index in [0.717, 1.165) is 11.6 Å². The van der Waals surface area contributed by atoms with Crippen LogP contribution in [-0.4, -0.2) is 17.0 Å². The topological polar surface area (TPSA) is 95.5 Å². The highest BCUT2D eigenvalue weighted by atomic mass is 16.6. The lowest BCUT2D eigenvalue weighted by Gasteiger charge is -2.03. The molecular formula is C15H12N2O5. The van der Waals surface area contributed by atoms with Gasteiger partial charge >= 0.3 is 0 Å². The zero-order valence-electron chi connectivity index (χ0n) is 11.6. The fourth-order valence-corrected chi connectivity index (χ4v) is 1.93. The van der Waals surface area contributed by atoms with Gasteiger partial charge in [0.05, 0.1) is 28.6 Å². The van der Waals surface area contributed by atoms with E-state index >= 15 is 0 Å². The van der Waals surface area contributed by atoms with E-state index in [9.17, 15) is 20.2 Å². The molecule has 0 unspecified atom stereocenters. The van der Waals surface area contributed by atoms with Crippen LogP contribution in [0.5, 0.6) is 5.75 Å². The van der Waals surface area contributed by atoms with Crippen LogP contribution in [0.2, 0.25) is 0 Å². The van der Waals surface area contributed by atoms with Gasteiger partial charge in [-0.1, -0.05) is 24.3 Å². The van der Waals surface area contributed by atoms with Crippen molar-refractivity contribution in [1.29, 1.82) is 0 Å². The Kier molecular flexibility index (Phi) is 4.47. The largest absolute Gasteiger partial charge is 0.496 e. The summed E-state index contributed by atoms with van der Waals surface area (Å²) in [4.78, 5) is 20.4. The summed E-state index contributed by atoms with van der Waals surface area (Å²) in [5.74, 6) is 0.628. The fraction of sp³-hybridized carbons (Fsp3) is 0.0667. The van der Waals surface area contributed by atoms with Gasteiger partial charge in [0.1, 0.15) is 5.75 Å². The molecule has 7 nitrogen and oxygen atoms in total. The van der Waals surface area contributed by atoms with Crippen LogP contribution in [0.1, 0.15) is 11.1 Å². The normalized spacial score (nSPS) is 10.6.